The average Bonchev–Trinajstić information content (AvgIpc) is 2.74. The highest BCUT2D eigenvalue weighted by Crippen LogP contribution is 2.42. The van der Waals surface area contributed by atoms with E-state index in [1.54, 1.807) is 0 Å². The van der Waals surface area contributed by atoms with Gasteiger partial charge in [-0.25, -0.2) is 0 Å². The van der Waals surface area contributed by atoms with Crippen molar-refractivity contribution in [3.8, 4) is 0 Å². The van der Waals surface area contributed by atoms with E-state index in [-0.39, 0.29) is 22.1 Å². The summed E-state index contributed by atoms with van der Waals surface area (Å²) in [5, 5.41) is 0.329. The molecule has 0 radical (unpaired) electrons. The van der Waals surface area contributed by atoms with Crippen molar-refractivity contribution in [3.05, 3.63) is 0 Å². The molecule has 3 nitrogen and oxygen atoms in total. The Morgan fingerprint density at radius 2 is 1.50 bits per heavy atom. The van der Waals surface area contributed by atoms with E-state index in [1.807, 2.05) is 0 Å². The van der Waals surface area contributed by atoms with Crippen molar-refractivity contribution in [1.82, 2.24) is 4.57 Å². The molecule has 1 saturated heterocycles. The van der Waals surface area contributed by atoms with Gasteiger partial charge >= 0.3 is 5.97 Å². The van der Waals surface area contributed by atoms with Gasteiger partial charge in [-0.05, 0) is 42.6 Å². The van der Waals surface area contributed by atoms with Crippen molar-refractivity contribution in [2.75, 3.05) is 6.54 Å². The van der Waals surface area contributed by atoms with Gasteiger partial charge in [-0.2, -0.15) is 0 Å². The summed E-state index contributed by atoms with van der Waals surface area (Å²) in [6.45, 7) is 23.7. The molecule has 1 aliphatic rings. The summed E-state index contributed by atoms with van der Waals surface area (Å²) in [6.07, 6.45) is 2.07. The van der Waals surface area contributed by atoms with Crippen LogP contribution in [0.15, 0.2) is 0 Å². The highest BCUT2D eigenvalue weighted by atomic mass is 28.4. The van der Waals surface area contributed by atoms with Crippen LogP contribution in [0, 0.1) is 0 Å². The van der Waals surface area contributed by atoms with Gasteiger partial charge in [0.15, 0.2) is 0 Å². The summed E-state index contributed by atoms with van der Waals surface area (Å²) in [5.74, 6) is 0.0360. The molecule has 1 atom stereocenters. The van der Waals surface area contributed by atoms with E-state index in [2.05, 4.69) is 72.3 Å². The maximum absolute atomic E-state index is 12.9. The second kappa shape index (κ2) is 6.06. The lowest BCUT2D eigenvalue weighted by Gasteiger charge is -2.47. The van der Waals surface area contributed by atoms with Crippen LogP contribution < -0.4 is 0 Å². The summed E-state index contributed by atoms with van der Waals surface area (Å²) < 4.78 is 8.62. The first kappa shape index (κ1) is 19.9. The van der Waals surface area contributed by atoms with Gasteiger partial charge in [0.2, 0.25) is 0 Å². The molecule has 0 aliphatic carbocycles. The van der Waals surface area contributed by atoms with Gasteiger partial charge in [0.25, 0.3) is 8.32 Å². The zero-order valence-corrected chi connectivity index (χ0v) is 18.5. The molecule has 5 heteroatoms. The van der Waals surface area contributed by atoms with Crippen molar-refractivity contribution < 1.29 is 9.22 Å². The van der Waals surface area contributed by atoms with E-state index >= 15 is 0 Å². The molecular formula is C17H37NO2Si2. The van der Waals surface area contributed by atoms with Crippen LogP contribution >= 0.6 is 0 Å². The van der Waals surface area contributed by atoms with Gasteiger partial charge in [-0.3, -0.25) is 4.79 Å². The van der Waals surface area contributed by atoms with Crippen LogP contribution in [0.25, 0.3) is 0 Å². The standard InChI is InChI=1S/C17H37NO2Si2/c1-16(2,3)21(7,8)18-13-11-12-14(18)15(19)20-22(9,10)17(4,5)6/h14H,11-13H2,1-10H3. The lowest BCUT2D eigenvalue weighted by molar-refractivity contribution is -0.139. The molecule has 0 aromatic carbocycles. The quantitative estimate of drug-likeness (QED) is 0.675. The van der Waals surface area contributed by atoms with Crippen LogP contribution in [0.2, 0.25) is 36.3 Å². The van der Waals surface area contributed by atoms with Gasteiger partial charge in [0, 0.05) is 0 Å². The van der Waals surface area contributed by atoms with E-state index in [4.69, 9.17) is 4.43 Å². The highest BCUT2D eigenvalue weighted by Gasteiger charge is 2.49. The Kier molecular flexibility index (Phi) is 5.48. The molecule has 1 unspecified atom stereocenters. The first-order valence-corrected chi connectivity index (χ1v) is 14.5. The third-order valence-electron chi connectivity index (χ3n) is 6.24. The minimum absolute atomic E-state index is 0.0185. The lowest BCUT2D eigenvalue weighted by Crippen LogP contribution is -2.59. The van der Waals surface area contributed by atoms with E-state index in [0.717, 1.165) is 19.4 Å². The van der Waals surface area contributed by atoms with Crippen LogP contribution in [0.1, 0.15) is 54.4 Å². The first-order chi connectivity index (χ1) is 9.61. The number of hydrogen-bond acceptors (Lipinski definition) is 3. The zero-order chi connectivity index (χ0) is 17.6. The summed E-state index contributed by atoms with van der Waals surface area (Å²) in [7, 11) is -3.70. The second-order valence-corrected chi connectivity index (χ2v) is 19.8. The number of carbonyl (C=O) groups excluding carboxylic acids is 1. The third-order valence-corrected chi connectivity index (χ3v) is 16.2. The molecule has 22 heavy (non-hydrogen) atoms. The van der Waals surface area contributed by atoms with Crippen LogP contribution in [0.4, 0.5) is 0 Å². The van der Waals surface area contributed by atoms with Crippen molar-refractivity contribution in [1.29, 1.82) is 0 Å². The minimum Gasteiger partial charge on any atom is -0.518 e. The maximum Gasteiger partial charge on any atom is 0.309 e. The molecule has 1 heterocycles. The molecule has 1 fully saturated rings. The smallest absolute Gasteiger partial charge is 0.309 e. The van der Waals surface area contributed by atoms with Gasteiger partial charge in [-0.1, -0.05) is 54.6 Å². The van der Waals surface area contributed by atoms with E-state index in [0.29, 0.717) is 0 Å². The van der Waals surface area contributed by atoms with Crippen molar-refractivity contribution in [2.45, 2.75) is 96.7 Å². The molecular weight excluding hydrogens is 306 g/mol. The Balaban J connectivity index is 2.95. The molecule has 0 amide bonds. The normalized spacial score (nSPS) is 22.0. The minimum atomic E-state index is -2.03. The van der Waals surface area contributed by atoms with E-state index in [1.165, 1.54) is 0 Å². The monoisotopic (exact) mass is 343 g/mol. The lowest BCUT2D eigenvalue weighted by atomic mass is 10.2. The first-order valence-electron chi connectivity index (χ1n) is 8.61. The topological polar surface area (TPSA) is 29.5 Å². The SMILES string of the molecule is CC(C)(C)[Si](C)(C)OC(=O)C1CCCN1[Si](C)(C)C(C)(C)C. The van der Waals surface area contributed by atoms with Gasteiger partial charge in [0.05, 0.1) is 0 Å². The fourth-order valence-corrected chi connectivity index (χ4v) is 6.12. The van der Waals surface area contributed by atoms with Crippen LogP contribution in [0.5, 0.6) is 0 Å². The van der Waals surface area contributed by atoms with Gasteiger partial charge in [0.1, 0.15) is 14.3 Å². The second-order valence-electron chi connectivity index (χ2n) is 9.84. The highest BCUT2D eigenvalue weighted by molar-refractivity contribution is 6.78. The molecule has 0 aromatic rings. The fourth-order valence-electron chi connectivity index (χ4n) is 2.58. The average molecular weight is 344 g/mol. The van der Waals surface area contributed by atoms with Crippen LogP contribution in [-0.2, 0) is 9.22 Å². The van der Waals surface area contributed by atoms with Crippen molar-refractivity contribution >= 4 is 22.5 Å². The van der Waals surface area contributed by atoms with E-state index < -0.39 is 16.6 Å². The van der Waals surface area contributed by atoms with Crippen LogP contribution in [0.3, 0.4) is 0 Å². The summed E-state index contributed by atoms with van der Waals surface area (Å²) in [4.78, 5) is 12.9. The Morgan fingerprint density at radius 3 is 1.91 bits per heavy atom. The van der Waals surface area contributed by atoms with Crippen molar-refractivity contribution in [3.63, 3.8) is 0 Å². The summed E-state index contributed by atoms with van der Waals surface area (Å²) in [6, 6.07) is -0.0185. The maximum atomic E-state index is 12.9. The van der Waals surface area contributed by atoms with E-state index in [9.17, 15) is 4.79 Å². The molecule has 0 spiro atoms. The molecule has 0 aromatic heterocycles. The fraction of sp³-hybridized carbons (Fsp3) is 0.941. The van der Waals surface area contributed by atoms with Crippen molar-refractivity contribution in [2.24, 2.45) is 0 Å². The molecule has 0 N–H and O–H groups in total. The summed E-state index contributed by atoms with van der Waals surface area (Å²) in [5.41, 5.74) is 0. The molecule has 1 rings (SSSR count). The molecule has 0 saturated carbocycles. The Labute approximate surface area is 140 Å². The number of nitrogens with zero attached hydrogens (tertiary/aromatic N) is 1. The molecule has 0 bridgehead atoms. The number of hydrogen-bond donors (Lipinski definition) is 0. The zero-order valence-electron chi connectivity index (χ0n) is 16.5. The predicted octanol–water partition coefficient (Wildman–Crippen LogP) is 5.00. The number of carbonyl (C=O) groups is 1. The van der Waals surface area contributed by atoms with Crippen LogP contribution in [-0.4, -0.2) is 39.7 Å². The van der Waals surface area contributed by atoms with Gasteiger partial charge in [-0.15, -0.1) is 0 Å². The van der Waals surface area contributed by atoms with Gasteiger partial charge < -0.3 is 8.99 Å². The molecule has 1 aliphatic heterocycles. The Morgan fingerprint density at radius 1 is 1.00 bits per heavy atom. The number of rotatable bonds is 3. The largest absolute Gasteiger partial charge is 0.518 e. The predicted molar refractivity (Wildman–Crippen MR) is 100 cm³/mol. The third kappa shape index (κ3) is 3.85. The Bertz CT molecular complexity index is 419. The molecule has 130 valence electrons. The Hall–Kier alpha value is -0.136. The summed E-state index contributed by atoms with van der Waals surface area (Å²) >= 11 is 0.